The molecular formula is C84H56. The minimum absolute atomic E-state index is 0.103. The van der Waals surface area contributed by atoms with Crippen LogP contribution < -0.4 is 0 Å². The maximum absolute atomic E-state index is 3.71. The molecule has 0 radical (unpaired) electrons. The van der Waals surface area contributed by atoms with Crippen molar-refractivity contribution in [1.82, 2.24) is 0 Å². The summed E-state index contributed by atoms with van der Waals surface area (Å²) in [6.45, 7) is 0. The first-order valence-corrected chi connectivity index (χ1v) is 30.4. The Bertz CT molecular complexity index is 3790. The molecule has 0 amide bonds. The van der Waals surface area contributed by atoms with Crippen LogP contribution >= 0.6 is 0 Å². The van der Waals surface area contributed by atoms with Gasteiger partial charge in [-0.1, -0.05) is 218 Å². The second kappa shape index (κ2) is 17.9. The number of hydrogen-bond donors (Lipinski definition) is 0. The van der Waals surface area contributed by atoms with Crippen molar-refractivity contribution in [1.29, 1.82) is 0 Å². The summed E-state index contributed by atoms with van der Waals surface area (Å²) in [5, 5.41) is 0. The summed E-state index contributed by atoms with van der Waals surface area (Å²) in [4.78, 5) is 0. The molecule has 4 saturated carbocycles. The fraction of sp³-hybridized carbons (Fsp3) is 0.238. The summed E-state index contributed by atoms with van der Waals surface area (Å²) in [6.07, 6.45) is 50.2. The summed E-state index contributed by atoms with van der Waals surface area (Å²) < 4.78 is 0. The van der Waals surface area contributed by atoms with Gasteiger partial charge in [-0.05, 0) is 148 Å². The average Bonchev–Trinajstić information content (AvgIpc) is 1.51. The second-order valence-electron chi connectivity index (χ2n) is 25.4. The SMILES string of the molecule is C1#Cc2ccc(cc2)C#CC2=C(C#Cc3ccc(cc3)C#CC3=C(C#Cc4ccc(cc4)C#CC4=C(C#Cc5ccc(cc5)C#CC5=C1[C@@]16C=CC=C[C@@]51CCC6)[C@@]15C=CC=C[C@@]41CCC5)[C@@]14C=CC=C[C@@]31CCC4)[C@@]13C=CC=C[C@@]21CCC3. The van der Waals surface area contributed by atoms with Crippen molar-refractivity contribution in [2.45, 2.75) is 77.0 Å². The lowest BCUT2D eigenvalue weighted by Crippen LogP contribution is -2.48. The zero-order chi connectivity index (χ0) is 55.7. The Morgan fingerprint density at radius 1 is 0.167 bits per heavy atom. The normalized spacial score (nSPS) is 33.0. The van der Waals surface area contributed by atoms with Crippen LogP contribution in [0.2, 0.25) is 0 Å². The minimum Gasteiger partial charge on any atom is -0.0721 e. The van der Waals surface area contributed by atoms with Crippen LogP contribution in [0.5, 0.6) is 0 Å². The van der Waals surface area contributed by atoms with Crippen LogP contribution in [0.3, 0.4) is 0 Å². The molecule has 0 aromatic heterocycles. The van der Waals surface area contributed by atoms with Crippen molar-refractivity contribution in [3.63, 3.8) is 0 Å². The molecule has 0 heterocycles. The van der Waals surface area contributed by atoms with Crippen LogP contribution in [0.25, 0.3) is 0 Å². The van der Waals surface area contributed by atoms with Gasteiger partial charge in [0.1, 0.15) is 0 Å². The van der Waals surface area contributed by atoms with Crippen LogP contribution in [-0.4, -0.2) is 0 Å². The highest BCUT2D eigenvalue weighted by Crippen LogP contribution is 2.75. The van der Waals surface area contributed by atoms with Gasteiger partial charge in [0, 0.05) is 132 Å². The van der Waals surface area contributed by atoms with E-state index in [0.717, 1.165) is 166 Å². The second-order valence-corrected chi connectivity index (χ2v) is 25.4. The lowest BCUT2D eigenvalue weighted by Gasteiger charge is -2.54. The summed E-state index contributed by atoms with van der Waals surface area (Å²) in [5.74, 6) is 58.4. The van der Waals surface area contributed by atoms with Gasteiger partial charge in [0.05, 0.1) is 0 Å². The molecule has 23 rings (SSSR count). The Morgan fingerprint density at radius 2 is 0.286 bits per heavy atom. The predicted octanol–water partition coefficient (Wildman–Crippen LogP) is 16.0. The summed E-state index contributed by atoms with van der Waals surface area (Å²) in [5.41, 5.74) is 16.2. The van der Waals surface area contributed by atoms with Crippen LogP contribution in [0, 0.1) is 138 Å². The maximum atomic E-state index is 3.71. The Labute approximate surface area is 495 Å². The first-order valence-electron chi connectivity index (χ1n) is 30.4. The van der Waals surface area contributed by atoms with E-state index in [1.54, 1.807) is 0 Å². The molecule has 0 nitrogen and oxygen atoms in total. The van der Waals surface area contributed by atoms with Gasteiger partial charge in [-0.25, -0.2) is 0 Å². The van der Waals surface area contributed by atoms with Crippen molar-refractivity contribution < 1.29 is 0 Å². The largest absolute Gasteiger partial charge is 0.0721 e. The van der Waals surface area contributed by atoms with Crippen molar-refractivity contribution >= 4 is 0 Å². The lowest BCUT2D eigenvalue weighted by atomic mass is 9.47. The van der Waals surface area contributed by atoms with Gasteiger partial charge in [0.2, 0.25) is 0 Å². The van der Waals surface area contributed by atoms with Crippen molar-refractivity contribution in [2.24, 2.45) is 43.3 Å². The fourth-order valence-electron chi connectivity index (χ4n) is 18.0. The maximum Gasteiger partial charge on any atom is 0.0363 e. The Hall–Kier alpha value is -9.76. The van der Waals surface area contributed by atoms with Crippen LogP contribution in [-0.2, 0) is 0 Å². The molecule has 0 N–H and O–H groups in total. The van der Waals surface area contributed by atoms with Crippen LogP contribution in [0.15, 0.2) is 239 Å². The monoisotopic (exact) mass is 1060 g/mol. The Kier molecular flexibility index (Phi) is 10.4. The molecule has 8 bridgehead atoms. The van der Waals surface area contributed by atoms with Gasteiger partial charge in [-0.3, -0.25) is 0 Å². The molecule has 4 aromatic rings. The van der Waals surface area contributed by atoms with Gasteiger partial charge >= 0.3 is 0 Å². The summed E-state index contributed by atoms with van der Waals surface area (Å²) >= 11 is 0. The molecule has 19 aliphatic rings. The molecule has 0 unspecified atom stereocenters. The molecule has 19 aliphatic carbocycles. The van der Waals surface area contributed by atoms with E-state index in [0.29, 0.717) is 0 Å². The quantitative estimate of drug-likeness (QED) is 0.154. The van der Waals surface area contributed by atoms with E-state index < -0.39 is 0 Å². The first kappa shape index (κ1) is 48.9. The number of benzene rings is 4. The van der Waals surface area contributed by atoms with E-state index in [9.17, 15) is 0 Å². The highest BCUT2D eigenvalue weighted by atomic mass is 14.7. The van der Waals surface area contributed by atoms with Crippen molar-refractivity contribution in [3.05, 3.63) is 283 Å². The Morgan fingerprint density at radius 3 is 0.405 bits per heavy atom. The smallest absolute Gasteiger partial charge is 0.0363 e. The average molecular weight is 1070 g/mol. The molecule has 392 valence electrons. The molecule has 0 spiro atoms. The number of hydrogen-bond acceptors (Lipinski definition) is 0. The zero-order valence-corrected chi connectivity index (χ0v) is 47.0. The highest BCUT2D eigenvalue weighted by molar-refractivity contribution is 5.74. The number of allylic oxidation sites excluding steroid dienone is 24. The molecule has 0 heteroatoms. The van der Waals surface area contributed by atoms with Gasteiger partial charge in [-0.15, -0.1) is 0 Å². The van der Waals surface area contributed by atoms with E-state index >= 15 is 0 Å². The molecule has 8 atom stereocenters. The van der Waals surface area contributed by atoms with Gasteiger partial charge < -0.3 is 0 Å². The Balaban J connectivity index is 0.767. The highest BCUT2D eigenvalue weighted by Gasteiger charge is 2.68. The van der Waals surface area contributed by atoms with Gasteiger partial charge in [0.25, 0.3) is 0 Å². The predicted molar refractivity (Wildman–Crippen MR) is 337 cm³/mol. The van der Waals surface area contributed by atoms with Crippen LogP contribution in [0.4, 0.5) is 0 Å². The molecule has 4 fully saturated rings. The van der Waals surface area contributed by atoms with Gasteiger partial charge in [0.15, 0.2) is 0 Å². The molecule has 0 aliphatic heterocycles. The van der Waals surface area contributed by atoms with E-state index in [2.05, 4.69) is 289 Å². The fourth-order valence-corrected chi connectivity index (χ4v) is 18.0. The van der Waals surface area contributed by atoms with E-state index in [4.69, 9.17) is 0 Å². The van der Waals surface area contributed by atoms with E-state index in [-0.39, 0.29) is 43.3 Å². The lowest BCUT2D eigenvalue weighted by molar-refractivity contribution is 0.232. The first-order chi connectivity index (χ1) is 41.4. The van der Waals surface area contributed by atoms with Crippen molar-refractivity contribution in [2.75, 3.05) is 0 Å². The van der Waals surface area contributed by atoms with Crippen LogP contribution in [0.1, 0.15) is 122 Å². The standard InChI is InChI=1S/C84H56/c1-2-46-78-54-9-53-77(78,45-1)69-37-29-61-13-15-63(16-14-61)31-39-71-73(81-49-4-3-47-79(71,81)55-10-57-81)41-33-65-21-23-67(24-22-65)35-43-75-76(84-52-8-7-51-83(75,84)59-12-60-84)44-36-68-27-25-66(26-28-68)34-42-74-72(80-48-5-6-50-82(74,80)58-11-56-80)40-32-64-19-17-62(18-20-64)30-38-70(69)78/h1-8,13-28,45-52H,9-12,53-60H2/t77-,78+,79+,80-,81-,82+,83+,84-. The third-order valence-corrected chi connectivity index (χ3v) is 22.0. The molecule has 4 aromatic carbocycles. The van der Waals surface area contributed by atoms with E-state index in [1.807, 2.05) is 0 Å². The molecular weight excluding hydrogens is 1010 g/mol. The topological polar surface area (TPSA) is 0 Å². The van der Waals surface area contributed by atoms with E-state index in [1.165, 1.54) is 0 Å². The van der Waals surface area contributed by atoms with Crippen molar-refractivity contribution in [3.8, 4) is 94.7 Å². The van der Waals surface area contributed by atoms with Gasteiger partial charge in [-0.2, -0.15) is 0 Å². The molecule has 0 saturated heterocycles. The third kappa shape index (κ3) is 6.46. The zero-order valence-electron chi connectivity index (χ0n) is 47.0. The summed E-state index contributed by atoms with van der Waals surface area (Å²) in [7, 11) is 0. The molecule has 84 heavy (non-hydrogen) atoms. The summed E-state index contributed by atoms with van der Waals surface area (Å²) in [6, 6.07) is 33.9. The minimum atomic E-state index is -0.103. The number of rotatable bonds is 0. The third-order valence-electron chi connectivity index (χ3n) is 22.0.